The average molecular weight is 258 g/mol. The van der Waals surface area contributed by atoms with Gasteiger partial charge in [-0.3, -0.25) is 4.98 Å². The molecule has 1 aromatic carbocycles. The Bertz CT molecular complexity index is 464. The highest BCUT2D eigenvalue weighted by Gasteiger charge is 2.06. The number of pyridine rings is 1. The summed E-state index contributed by atoms with van der Waals surface area (Å²) in [5.74, 6) is 0. The largest absolute Gasteiger partial charge is 0.313 e. The number of rotatable bonds is 5. The Kier molecular flexibility index (Phi) is 4.79. The van der Waals surface area contributed by atoms with Crippen LogP contribution in [-0.2, 0) is 0 Å². The molecule has 0 bridgehead atoms. The van der Waals surface area contributed by atoms with Gasteiger partial charge in [-0.15, -0.1) is 0 Å². The molecule has 2 nitrogen and oxygen atoms in total. The van der Waals surface area contributed by atoms with Crippen molar-refractivity contribution in [3.05, 3.63) is 54.4 Å². The molecule has 1 unspecified atom stereocenters. The number of hydrogen-bond acceptors (Lipinski definition) is 3. The van der Waals surface area contributed by atoms with E-state index in [-0.39, 0.29) is 0 Å². The summed E-state index contributed by atoms with van der Waals surface area (Å²) in [6.07, 6.45) is 4.75. The van der Waals surface area contributed by atoms with Gasteiger partial charge in [0.15, 0.2) is 0 Å². The third-order valence-electron chi connectivity index (χ3n) is 2.92. The summed E-state index contributed by atoms with van der Waals surface area (Å²) in [5.41, 5.74) is 1.35. The minimum Gasteiger partial charge on any atom is -0.313 e. The van der Waals surface area contributed by atoms with Gasteiger partial charge in [0.05, 0.1) is 0 Å². The van der Waals surface area contributed by atoms with E-state index in [1.807, 2.05) is 31.6 Å². The molecule has 1 heterocycles. The summed E-state index contributed by atoms with van der Waals surface area (Å²) in [6, 6.07) is 13.3. The fraction of sp³-hybridized carbons (Fsp3) is 0.267. The fourth-order valence-corrected chi connectivity index (χ4v) is 2.72. The molecule has 0 spiro atoms. The monoisotopic (exact) mass is 258 g/mol. The minimum atomic E-state index is 0.449. The van der Waals surface area contributed by atoms with Gasteiger partial charge in [0.2, 0.25) is 0 Å². The van der Waals surface area contributed by atoms with Crippen LogP contribution in [0, 0.1) is 0 Å². The SMILES string of the molecule is CCC(NC)c1ccc(Sc2ccncc2)cc1. The summed E-state index contributed by atoms with van der Waals surface area (Å²) in [7, 11) is 2.01. The molecule has 1 atom stereocenters. The molecule has 0 saturated carbocycles. The second-order valence-corrected chi connectivity index (χ2v) is 5.25. The maximum Gasteiger partial charge on any atom is 0.0314 e. The zero-order chi connectivity index (χ0) is 12.8. The molecule has 0 aliphatic rings. The first-order chi connectivity index (χ1) is 8.83. The Morgan fingerprint density at radius 3 is 2.22 bits per heavy atom. The Labute approximate surface area is 113 Å². The van der Waals surface area contributed by atoms with Gasteiger partial charge in [-0.25, -0.2) is 0 Å². The quantitative estimate of drug-likeness (QED) is 0.880. The number of nitrogens with zero attached hydrogens (tertiary/aromatic N) is 1. The van der Waals surface area contributed by atoms with E-state index in [0.717, 1.165) is 6.42 Å². The van der Waals surface area contributed by atoms with Crippen molar-refractivity contribution in [1.29, 1.82) is 0 Å². The van der Waals surface area contributed by atoms with Crippen molar-refractivity contribution in [2.45, 2.75) is 29.2 Å². The molecule has 94 valence electrons. The average Bonchev–Trinajstić information content (AvgIpc) is 2.43. The maximum absolute atomic E-state index is 4.02. The zero-order valence-electron chi connectivity index (χ0n) is 10.8. The van der Waals surface area contributed by atoms with Gasteiger partial charge >= 0.3 is 0 Å². The first-order valence-electron chi connectivity index (χ1n) is 6.18. The zero-order valence-corrected chi connectivity index (χ0v) is 11.6. The molecule has 2 aromatic rings. The normalized spacial score (nSPS) is 12.3. The van der Waals surface area contributed by atoms with Crippen LogP contribution in [0.2, 0.25) is 0 Å². The predicted molar refractivity (Wildman–Crippen MR) is 76.9 cm³/mol. The van der Waals surface area contributed by atoms with Crippen LogP contribution in [-0.4, -0.2) is 12.0 Å². The fourth-order valence-electron chi connectivity index (χ4n) is 1.92. The summed E-state index contributed by atoms with van der Waals surface area (Å²) in [5, 5.41) is 3.32. The van der Waals surface area contributed by atoms with E-state index in [0.29, 0.717) is 6.04 Å². The van der Waals surface area contributed by atoms with Gasteiger partial charge in [-0.05, 0) is 43.3 Å². The molecule has 0 radical (unpaired) electrons. The Hall–Kier alpha value is -1.32. The van der Waals surface area contributed by atoms with E-state index in [9.17, 15) is 0 Å². The van der Waals surface area contributed by atoms with Crippen molar-refractivity contribution in [2.24, 2.45) is 0 Å². The third kappa shape index (κ3) is 3.34. The van der Waals surface area contributed by atoms with Gasteiger partial charge in [0.25, 0.3) is 0 Å². The van der Waals surface area contributed by atoms with Crippen LogP contribution in [0.4, 0.5) is 0 Å². The van der Waals surface area contributed by atoms with Gasteiger partial charge in [0, 0.05) is 28.2 Å². The topological polar surface area (TPSA) is 24.9 Å². The van der Waals surface area contributed by atoms with Crippen molar-refractivity contribution in [3.8, 4) is 0 Å². The van der Waals surface area contributed by atoms with Crippen LogP contribution >= 0.6 is 11.8 Å². The van der Waals surface area contributed by atoms with Gasteiger partial charge in [-0.2, -0.15) is 0 Å². The van der Waals surface area contributed by atoms with Gasteiger partial charge < -0.3 is 5.32 Å². The van der Waals surface area contributed by atoms with Crippen molar-refractivity contribution in [2.75, 3.05) is 7.05 Å². The van der Waals surface area contributed by atoms with Crippen LogP contribution in [0.5, 0.6) is 0 Å². The molecule has 0 aliphatic carbocycles. The van der Waals surface area contributed by atoms with Crippen molar-refractivity contribution >= 4 is 11.8 Å². The summed E-state index contributed by atoms with van der Waals surface area (Å²) < 4.78 is 0. The van der Waals surface area contributed by atoms with Crippen LogP contribution in [0.1, 0.15) is 24.9 Å². The predicted octanol–water partition coefficient (Wildman–Crippen LogP) is 3.90. The number of hydrogen-bond donors (Lipinski definition) is 1. The first-order valence-corrected chi connectivity index (χ1v) is 7.00. The highest BCUT2D eigenvalue weighted by atomic mass is 32.2. The van der Waals surface area contributed by atoms with Gasteiger partial charge in [-0.1, -0.05) is 30.8 Å². The first kappa shape index (κ1) is 13.1. The Balaban J connectivity index is 2.08. The van der Waals surface area contributed by atoms with E-state index in [1.165, 1.54) is 15.4 Å². The number of benzene rings is 1. The molecular formula is C15H18N2S. The number of aromatic nitrogens is 1. The molecule has 0 aliphatic heterocycles. The van der Waals surface area contributed by atoms with Crippen LogP contribution < -0.4 is 5.32 Å². The molecule has 18 heavy (non-hydrogen) atoms. The summed E-state index contributed by atoms with van der Waals surface area (Å²) >= 11 is 1.76. The molecule has 0 saturated heterocycles. The molecule has 0 fully saturated rings. The van der Waals surface area contributed by atoms with E-state index in [2.05, 4.69) is 41.5 Å². The van der Waals surface area contributed by atoms with E-state index >= 15 is 0 Å². The van der Waals surface area contributed by atoms with Crippen molar-refractivity contribution in [1.82, 2.24) is 10.3 Å². The standard InChI is InChI=1S/C15H18N2S/c1-3-15(16-2)12-4-6-13(7-5-12)18-14-8-10-17-11-9-14/h4-11,15-16H,3H2,1-2H3. The molecule has 1 N–H and O–H groups in total. The number of nitrogens with one attached hydrogen (secondary N) is 1. The Morgan fingerprint density at radius 2 is 1.67 bits per heavy atom. The smallest absolute Gasteiger partial charge is 0.0314 e. The van der Waals surface area contributed by atoms with Crippen LogP contribution in [0.25, 0.3) is 0 Å². The van der Waals surface area contributed by atoms with Crippen LogP contribution in [0.15, 0.2) is 58.6 Å². The van der Waals surface area contributed by atoms with E-state index in [4.69, 9.17) is 0 Å². The molecule has 3 heteroatoms. The molecule has 2 rings (SSSR count). The maximum atomic E-state index is 4.02. The summed E-state index contributed by atoms with van der Waals surface area (Å²) in [4.78, 5) is 6.51. The van der Waals surface area contributed by atoms with Crippen molar-refractivity contribution < 1.29 is 0 Å². The second-order valence-electron chi connectivity index (χ2n) is 4.10. The Morgan fingerprint density at radius 1 is 1.06 bits per heavy atom. The minimum absolute atomic E-state index is 0.449. The highest BCUT2D eigenvalue weighted by molar-refractivity contribution is 7.99. The lowest BCUT2D eigenvalue weighted by Crippen LogP contribution is -2.14. The van der Waals surface area contributed by atoms with E-state index in [1.54, 1.807) is 11.8 Å². The lowest BCUT2D eigenvalue weighted by Gasteiger charge is -2.14. The third-order valence-corrected chi connectivity index (χ3v) is 3.94. The van der Waals surface area contributed by atoms with Crippen molar-refractivity contribution in [3.63, 3.8) is 0 Å². The van der Waals surface area contributed by atoms with Gasteiger partial charge in [0.1, 0.15) is 0 Å². The van der Waals surface area contributed by atoms with Crippen LogP contribution in [0.3, 0.4) is 0 Å². The molecule has 1 aromatic heterocycles. The lowest BCUT2D eigenvalue weighted by atomic mass is 10.1. The second kappa shape index (κ2) is 6.57. The molecule has 0 amide bonds. The summed E-state index contributed by atoms with van der Waals surface area (Å²) in [6.45, 7) is 2.20. The lowest BCUT2D eigenvalue weighted by molar-refractivity contribution is 0.576. The highest BCUT2D eigenvalue weighted by Crippen LogP contribution is 2.28. The van der Waals surface area contributed by atoms with E-state index < -0.39 is 0 Å². The molecular weight excluding hydrogens is 240 g/mol.